The van der Waals surface area contributed by atoms with Crippen LogP contribution in [0.1, 0.15) is 22.6 Å². The Balaban J connectivity index is 1.67. The Hall–Kier alpha value is -3.60. The molecule has 0 aromatic carbocycles. The molecule has 0 spiro atoms. The lowest BCUT2D eigenvalue weighted by Crippen LogP contribution is -2.13. The molecular weight excluding hydrogens is 354 g/mol. The molecule has 3 N–H and O–H groups in total. The highest BCUT2D eigenvalue weighted by Gasteiger charge is 2.11. The van der Waals surface area contributed by atoms with Crippen LogP contribution >= 0.6 is 0 Å². The summed E-state index contributed by atoms with van der Waals surface area (Å²) in [7, 11) is 0. The molecule has 0 atom stereocenters. The van der Waals surface area contributed by atoms with Crippen molar-refractivity contribution in [2.24, 2.45) is 0 Å². The summed E-state index contributed by atoms with van der Waals surface area (Å²) in [5, 5.41) is 13.4. The average molecular weight is 377 g/mol. The molecule has 0 saturated carbocycles. The van der Waals surface area contributed by atoms with Crippen LogP contribution in [0.3, 0.4) is 0 Å². The topological polar surface area (TPSA) is 92.1 Å². The van der Waals surface area contributed by atoms with Gasteiger partial charge in [-0.15, -0.1) is 0 Å². The molecule has 28 heavy (non-hydrogen) atoms. The average Bonchev–Trinajstić information content (AvgIpc) is 3.04. The van der Waals surface area contributed by atoms with Crippen molar-refractivity contribution in [3.05, 3.63) is 58.3 Å². The maximum Gasteiger partial charge on any atom is 0.231 e. The zero-order valence-corrected chi connectivity index (χ0v) is 16.4. The lowest BCUT2D eigenvalue weighted by Gasteiger charge is -2.13. The number of hydrogen-bond acceptors (Lipinski definition) is 6. The summed E-state index contributed by atoms with van der Waals surface area (Å²) in [6.07, 6.45) is 0. The van der Waals surface area contributed by atoms with E-state index in [1.54, 1.807) is 0 Å². The summed E-state index contributed by atoms with van der Waals surface area (Å²) in [6, 6.07) is 7.56. The Morgan fingerprint density at radius 2 is 1.93 bits per heavy atom. The van der Waals surface area contributed by atoms with E-state index in [-0.39, 0.29) is 0 Å². The number of rotatable bonds is 7. The smallest absolute Gasteiger partial charge is 0.231 e. The normalized spacial score (nSPS) is 10.4. The lowest BCUT2D eigenvalue weighted by atomic mass is 10.2. The highest BCUT2D eigenvalue weighted by Crippen LogP contribution is 2.30. The third kappa shape index (κ3) is 4.57. The minimum atomic E-state index is 0.431. The van der Waals surface area contributed by atoms with E-state index in [1.807, 2.05) is 52.0 Å². The number of ether oxygens (including phenoxy) is 1. The third-order valence-corrected chi connectivity index (χ3v) is 4.09. The predicted molar refractivity (Wildman–Crippen MR) is 110 cm³/mol. The second-order valence-electron chi connectivity index (χ2n) is 6.51. The van der Waals surface area contributed by atoms with Crippen molar-refractivity contribution in [2.45, 2.75) is 27.7 Å². The fourth-order valence-electron chi connectivity index (χ4n) is 2.76. The summed E-state index contributed by atoms with van der Waals surface area (Å²) < 4.78 is 5.79. The molecule has 3 aromatic rings. The third-order valence-electron chi connectivity index (χ3n) is 4.09. The maximum atomic E-state index is 7.45. The van der Waals surface area contributed by atoms with Gasteiger partial charge in [-0.2, -0.15) is 5.10 Å². The van der Waals surface area contributed by atoms with Gasteiger partial charge in [-0.1, -0.05) is 0 Å². The Kier molecular flexibility index (Phi) is 5.75. The molecule has 3 heterocycles. The maximum absolute atomic E-state index is 7.45. The number of aromatic amines is 1. The van der Waals surface area contributed by atoms with Gasteiger partial charge >= 0.3 is 0 Å². The van der Waals surface area contributed by atoms with Gasteiger partial charge in [0, 0.05) is 24.0 Å². The molecule has 3 rings (SSSR count). The van der Waals surface area contributed by atoms with Crippen molar-refractivity contribution < 1.29 is 4.74 Å². The molecule has 0 aliphatic carbocycles. The summed E-state index contributed by atoms with van der Waals surface area (Å²) >= 11 is 0. The number of aryl methyl sites for hydroxylation is 4. The minimum Gasteiger partial charge on any atom is -0.490 e. The van der Waals surface area contributed by atoms with Crippen LogP contribution in [0.15, 0.2) is 24.3 Å². The van der Waals surface area contributed by atoms with Crippen molar-refractivity contribution in [1.82, 2.24) is 20.2 Å². The first kappa shape index (κ1) is 19.2. The van der Waals surface area contributed by atoms with Gasteiger partial charge in [-0.05, 0) is 51.5 Å². The van der Waals surface area contributed by atoms with Gasteiger partial charge in [0.15, 0.2) is 5.82 Å². The number of hydrogen-bond donors (Lipinski definition) is 3. The van der Waals surface area contributed by atoms with Crippen LogP contribution in [0.25, 0.3) is 4.85 Å². The van der Waals surface area contributed by atoms with E-state index in [0.29, 0.717) is 36.3 Å². The molecule has 3 aromatic heterocycles. The molecule has 0 bridgehead atoms. The van der Waals surface area contributed by atoms with Gasteiger partial charge in [0.05, 0.1) is 12.3 Å². The zero-order chi connectivity index (χ0) is 20.1. The summed E-state index contributed by atoms with van der Waals surface area (Å²) in [6.45, 7) is 16.1. The van der Waals surface area contributed by atoms with Crippen molar-refractivity contribution in [1.29, 1.82) is 0 Å². The van der Waals surface area contributed by atoms with E-state index in [9.17, 15) is 0 Å². The van der Waals surface area contributed by atoms with Gasteiger partial charge in [0.25, 0.3) is 0 Å². The van der Waals surface area contributed by atoms with E-state index in [0.717, 1.165) is 28.4 Å². The van der Waals surface area contributed by atoms with Crippen LogP contribution < -0.4 is 15.4 Å². The van der Waals surface area contributed by atoms with Gasteiger partial charge in [-0.25, -0.2) is 9.83 Å². The van der Waals surface area contributed by atoms with Crippen LogP contribution in [0, 0.1) is 34.3 Å². The van der Waals surface area contributed by atoms with E-state index in [1.165, 1.54) is 0 Å². The Morgan fingerprint density at radius 3 is 2.61 bits per heavy atom. The highest BCUT2D eigenvalue weighted by atomic mass is 16.5. The first-order valence-corrected chi connectivity index (χ1v) is 8.95. The van der Waals surface area contributed by atoms with E-state index in [2.05, 4.69) is 35.6 Å². The summed E-state index contributed by atoms with van der Waals surface area (Å²) in [4.78, 5) is 12.5. The van der Waals surface area contributed by atoms with Crippen LogP contribution in [0.2, 0.25) is 0 Å². The molecule has 0 unspecified atom stereocenters. The molecule has 8 nitrogen and oxygen atoms in total. The minimum absolute atomic E-state index is 0.431. The van der Waals surface area contributed by atoms with Crippen molar-refractivity contribution in [3.8, 4) is 5.75 Å². The fourth-order valence-corrected chi connectivity index (χ4v) is 2.76. The van der Waals surface area contributed by atoms with Crippen molar-refractivity contribution >= 4 is 23.1 Å². The molecule has 0 saturated heterocycles. The SMILES string of the molecule is [C-]#[N+]c1c(C)cc(Nc2cc(C)[nH]n2)nc1NCCOc1ccc(C)nc1C. The quantitative estimate of drug-likeness (QED) is 0.422. The number of nitrogens with one attached hydrogen (secondary N) is 3. The van der Waals surface area contributed by atoms with E-state index >= 15 is 0 Å². The highest BCUT2D eigenvalue weighted by molar-refractivity contribution is 5.73. The van der Waals surface area contributed by atoms with E-state index < -0.39 is 0 Å². The monoisotopic (exact) mass is 377 g/mol. The molecular formula is C20H23N7O. The molecule has 0 radical (unpaired) electrons. The van der Waals surface area contributed by atoms with Gasteiger partial charge in [0.1, 0.15) is 24.0 Å². The molecule has 0 fully saturated rings. The van der Waals surface area contributed by atoms with E-state index in [4.69, 9.17) is 11.3 Å². The second kappa shape index (κ2) is 8.39. The summed E-state index contributed by atoms with van der Waals surface area (Å²) in [5.74, 6) is 2.58. The number of H-pyrrole nitrogens is 1. The molecule has 0 aliphatic rings. The van der Waals surface area contributed by atoms with Gasteiger partial charge in [0.2, 0.25) is 5.69 Å². The van der Waals surface area contributed by atoms with Crippen LogP contribution in [0.4, 0.5) is 23.1 Å². The standard InChI is InChI=1S/C20H23N7O/c1-12-10-17(24-18-11-14(3)26-27-18)25-20(19(12)21-5)22-8-9-28-16-7-6-13(2)23-15(16)4/h6-7,10-11H,8-9H2,1-4H3,(H3,22,24,25,26,27). The number of nitrogens with zero attached hydrogens (tertiary/aromatic N) is 4. The molecule has 0 amide bonds. The number of aromatic nitrogens is 4. The Morgan fingerprint density at radius 1 is 1.11 bits per heavy atom. The Labute approximate surface area is 164 Å². The van der Waals surface area contributed by atoms with Crippen LogP contribution in [0.5, 0.6) is 5.75 Å². The molecule has 144 valence electrons. The molecule has 8 heteroatoms. The first-order valence-electron chi connectivity index (χ1n) is 8.95. The van der Waals surface area contributed by atoms with Crippen molar-refractivity contribution in [3.63, 3.8) is 0 Å². The lowest BCUT2D eigenvalue weighted by molar-refractivity contribution is 0.328. The summed E-state index contributed by atoms with van der Waals surface area (Å²) in [5.41, 5.74) is 4.10. The fraction of sp³-hybridized carbons (Fsp3) is 0.300. The van der Waals surface area contributed by atoms with Gasteiger partial charge in [-0.3, -0.25) is 10.1 Å². The number of pyridine rings is 2. The first-order chi connectivity index (χ1) is 13.5. The van der Waals surface area contributed by atoms with Crippen LogP contribution in [-0.2, 0) is 0 Å². The molecule has 0 aliphatic heterocycles. The predicted octanol–water partition coefficient (Wildman–Crippen LogP) is 4.22. The zero-order valence-electron chi connectivity index (χ0n) is 16.4. The number of anilines is 3. The second-order valence-corrected chi connectivity index (χ2v) is 6.51. The van der Waals surface area contributed by atoms with Crippen molar-refractivity contribution in [2.75, 3.05) is 23.8 Å². The Bertz CT molecular complexity index is 1020. The van der Waals surface area contributed by atoms with Crippen LogP contribution in [-0.4, -0.2) is 33.3 Å². The largest absolute Gasteiger partial charge is 0.490 e. The van der Waals surface area contributed by atoms with Gasteiger partial charge < -0.3 is 15.4 Å².